The Kier molecular flexibility index (Phi) is 6.04. The number of benzene rings is 2. The van der Waals surface area contributed by atoms with E-state index in [1.807, 2.05) is 56.3 Å². The summed E-state index contributed by atoms with van der Waals surface area (Å²) in [5.74, 6) is 0.752. The molecule has 1 N–H and O–H groups in total. The number of aryl methyl sites for hydroxylation is 1. The van der Waals surface area contributed by atoms with Gasteiger partial charge in [-0.25, -0.2) is 9.97 Å². The molecular weight excluding hydrogens is 348 g/mol. The van der Waals surface area contributed by atoms with Crippen LogP contribution in [0.1, 0.15) is 48.2 Å². The molecule has 3 aromatic rings. The number of hydrogen-bond donors (Lipinski definition) is 1. The zero-order valence-electron chi connectivity index (χ0n) is 16.8. The van der Waals surface area contributed by atoms with Crippen LogP contribution in [-0.2, 0) is 0 Å². The maximum absolute atomic E-state index is 12.9. The van der Waals surface area contributed by atoms with E-state index in [0.717, 1.165) is 16.9 Å². The molecule has 0 saturated carbocycles. The molecule has 5 heteroatoms. The van der Waals surface area contributed by atoms with Gasteiger partial charge in [0.2, 0.25) is 5.95 Å². The zero-order valence-corrected chi connectivity index (χ0v) is 16.8. The van der Waals surface area contributed by atoms with Gasteiger partial charge in [-0.3, -0.25) is 4.79 Å². The molecule has 0 radical (unpaired) electrons. The number of carbonyl (C=O) groups excluding carboxylic acids is 1. The second kappa shape index (κ2) is 8.65. The van der Waals surface area contributed by atoms with E-state index in [2.05, 4.69) is 35.2 Å². The Morgan fingerprint density at radius 3 is 2.43 bits per heavy atom. The van der Waals surface area contributed by atoms with Crippen molar-refractivity contribution >= 4 is 23.2 Å². The largest absolute Gasteiger partial charge is 0.324 e. The summed E-state index contributed by atoms with van der Waals surface area (Å²) in [7, 11) is 0. The highest BCUT2D eigenvalue weighted by Gasteiger charge is 2.17. The van der Waals surface area contributed by atoms with Gasteiger partial charge in [-0.1, -0.05) is 44.2 Å². The van der Waals surface area contributed by atoms with Crippen LogP contribution < -0.4 is 10.2 Å². The van der Waals surface area contributed by atoms with Crippen molar-refractivity contribution in [2.24, 2.45) is 0 Å². The lowest BCUT2D eigenvalue weighted by Crippen LogP contribution is -2.30. The molecule has 0 saturated heterocycles. The van der Waals surface area contributed by atoms with E-state index in [1.54, 1.807) is 17.3 Å². The van der Waals surface area contributed by atoms with E-state index < -0.39 is 0 Å². The first-order valence-electron chi connectivity index (χ1n) is 9.56. The van der Waals surface area contributed by atoms with E-state index in [4.69, 9.17) is 0 Å². The van der Waals surface area contributed by atoms with Gasteiger partial charge < -0.3 is 10.2 Å². The monoisotopic (exact) mass is 374 g/mol. The Bertz CT molecular complexity index is 951. The minimum atomic E-state index is -0.109. The van der Waals surface area contributed by atoms with E-state index >= 15 is 0 Å². The van der Waals surface area contributed by atoms with E-state index in [-0.39, 0.29) is 5.91 Å². The lowest BCUT2D eigenvalue weighted by molar-refractivity contribution is 0.0987. The highest BCUT2D eigenvalue weighted by atomic mass is 16.2. The molecule has 2 aromatic carbocycles. The summed E-state index contributed by atoms with van der Waals surface area (Å²) in [4.78, 5) is 23.4. The predicted molar refractivity (Wildman–Crippen MR) is 114 cm³/mol. The minimum Gasteiger partial charge on any atom is -0.324 e. The van der Waals surface area contributed by atoms with Crippen molar-refractivity contribution in [1.29, 1.82) is 0 Å². The van der Waals surface area contributed by atoms with Crippen LogP contribution in [0.5, 0.6) is 0 Å². The molecule has 0 aliphatic heterocycles. The summed E-state index contributed by atoms with van der Waals surface area (Å²) < 4.78 is 0. The Hall–Kier alpha value is -3.21. The second-order valence-corrected chi connectivity index (χ2v) is 7.05. The van der Waals surface area contributed by atoms with Gasteiger partial charge in [0, 0.05) is 30.3 Å². The van der Waals surface area contributed by atoms with Crippen LogP contribution in [0.25, 0.3) is 0 Å². The van der Waals surface area contributed by atoms with Crippen molar-refractivity contribution in [3.05, 3.63) is 77.6 Å². The van der Waals surface area contributed by atoms with E-state index in [9.17, 15) is 4.79 Å². The van der Waals surface area contributed by atoms with Crippen molar-refractivity contribution in [3.8, 4) is 0 Å². The number of nitrogens with zero attached hydrogens (tertiary/aromatic N) is 3. The van der Waals surface area contributed by atoms with Gasteiger partial charge in [0.1, 0.15) is 0 Å². The number of rotatable bonds is 6. The zero-order chi connectivity index (χ0) is 20.1. The molecule has 1 aromatic heterocycles. The van der Waals surface area contributed by atoms with Crippen LogP contribution in [-0.4, -0.2) is 22.4 Å². The Morgan fingerprint density at radius 1 is 1.07 bits per heavy atom. The van der Waals surface area contributed by atoms with Gasteiger partial charge in [0.25, 0.3) is 5.91 Å². The van der Waals surface area contributed by atoms with E-state index in [1.165, 1.54) is 5.56 Å². The lowest BCUT2D eigenvalue weighted by Gasteiger charge is -2.21. The standard InChI is InChI=1S/C23H26N4O/c1-5-27(19-10-8-9-17(4)13-19)22(28)18-14-24-23(25-15-18)26-21-12-7-6-11-20(21)16(2)3/h6-16H,5H2,1-4H3,(H,24,25,26). The fourth-order valence-corrected chi connectivity index (χ4v) is 3.13. The molecule has 1 heterocycles. The lowest BCUT2D eigenvalue weighted by atomic mass is 10.0. The molecule has 5 nitrogen and oxygen atoms in total. The summed E-state index contributed by atoms with van der Waals surface area (Å²) >= 11 is 0. The Balaban J connectivity index is 1.79. The molecule has 3 rings (SSSR count). The third-order valence-electron chi connectivity index (χ3n) is 4.60. The number of amides is 1. The first-order chi connectivity index (χ1) is 13.5. The van der Waals surface area contributed by atoms with Gasteiger partial charge in [-0.2, -0.15) is 0 Å². The topological polar surface area (TPSA) is 58.1 Å². The number of nitrogens with one attached hydrogen (secondary N) is 1. The van der Waals surface area contributed by atoms with Crippen molar-refractivity contribution in [2.45, 2.75) is 33.6 Å². The van der Waals surface area contributed by atoms with Crippen LogP contribution in [0.4, 0.5) is 17.3 Å². The number of para-hydroxylation sites is 1. The maximum Gasteiger partial charge on any atom is 0.261 e. The average Bonchev–Trinajstić information content (AvgIpc) is 2.69. The molecule has 0 aliphatic carbocycles. The third-order valence-corrected chi connectivity index (χ3v) is 4.60. The molecule has 0 fully saturated rings. The molecule has 144 valence electrons. The molecule has 0 atom stereocenters. The van der Waals surface area contributed by atoms with Gasteiger partial charge in [-0.05, 0) is 49.1 Å². The van der Waals surface area contributed by atoms with Gasteiger partial charge in [0.05, 0.1) is 5.56 Å². The van der Waals surface area contributed by atoms with Crippen molar-refractivity contribution in [3.63, 3.8) is 0 Å². The predicted octanol–water partition coefficient (Wildman–Crippen LogP) is 5.32. The van der Waals surface area contributed by atoms with Crippen LogP contribution in [0.2, 0.25) is 0 Å². The quantitative estimate of drug-likeness (QED) is 0.634. The summed E-state index contributed by atoms with van der Waals surface area (Å²) in [6.07, 6.45) is 3.15. The highest BCUT2D eigenvalue weighted by molar-refractivity contribution is 6.05. The Morgan fingerprint density at radius 2 is 1.79 bits per heavy atom. The third kappa shape index (κ3) is 4.36. The molecule has 0 bridgehead atoms. The normalized spacial score (nSPS) is 10.8. The molecule has 0 unspecified atom stereocenters. The van der Waals surface area contributed by atoms with Crippen molar-refractivity contribution in [2.75, 3.05) is 16.8 Å². The molecule has 0 spiro atoms. The molecule has 0 aliphatic rings. The first-order valence-corrected chi connectivity index (χ1v) is 9.56. The van der Waals surface area contributed by atoms with Gasteiger partial charge >= 0.3 is 0 Å². The molecule has 28 heavy (non-hydrogen) atoms. The number of carbonyl (C=O) groups is 1. The minimum absolute atomic E-state index is 0.109. The first kappa shape index (κ1) is 19.5. The fourth-order valence-electron chi connectivity index (χ4n) is 3.13. The number of hydrogen-bond acceptors (Lipinski definition) is 4. The molecular formula is C23H26N4O. The summed E-state index contributed by atoms with van der Waals surface area (Å²) in [6.45, 7) is 8.84. The average molecular weight is 374 g/mol. The van der Waals surface area contributed by atoms with Crippen LogP contribution in [0, 0.1) is 6.92 Å². The fraction of sp³-hybridized carbons (Fsp3) is 0.261. The van der Waals surface area contributed by atoms with Crippen molar-refractivity contribution < 1.29 is 4.79 Å². The SMILES string of the molecule is CCN(C(=O)c1cnc(Nc2ccccc2C(C)C)nc1)c1cccc(C)c1. The molecule has 1 amide bonds. The van der Waals surface area contributed by atoms with E-state index in [0.29, 0.717) is 24.0 Å². The summed E-state index contributed by atoms with van der Waals surface area (Å²) in [5, 5.41) is 3.26. The second-order valence-electron chi connectivity index (χ2n) is 7.05. The van der Waals surface area contributed by atoms with Crippen LogP contribution >= 0.6 is 0 Å². The van der Waals surface area contributed by atoms with Crippen LogP contribution in [0.3, 0.4) is 0 Å². The number of aromatic nitrogens is 2. The summed E-state index contributed by atoms with van der Waals surface area (Å²) in [5.41, 5.74) is 4.63. The van der Waals surface area contributed by atoms with Gasteiger partial charge in [-0.15, -0.1) is 0 Å². The summed E-state index contributed by atoms with van der Waals surface area (Å²) in [6, 6.07) is 16.0. The Labute approximate surface area is 166 Å². The maximum atomic E-state index is 12.9. The smallest absolute Gasteiger partial charge is 0.261 e. The highest BCUT2D eigenvalue weighted by Crippen LogP contribution is 2.25. The van der Waals surface area contributed by atoms with Crippen molar-refractivity contribution in [1.82, 2.24) is 9.97 Å². The van der Waals surface area contributed by atoms with Crippen LogP contribution in [0.15, 0.2) is 60.9 Å². The number of anilines is 3. The van der Waals surface area contributed by atoms with Gasteiger partial charge in [0.15, 0.2) is 0 Å².